The SMILES string of the molecule is CC(C)(C)CC(O)CNC(=O)c1ccc(N)cn1. The fourth-order valence-corrected chi connectivity index (χ4v) is 1.62. The van der Waals surface area contributed by atoms with Crippen molar-refractivity contribution in [3.63, 3.8) is 0 Å². The second kappa shape index (κ2) is 5.82. The van der Waals surface area contributed by atoms with Crippen LogP contribution in [0.15, 0.2) is 18.3 Å². The lowest BCUT2D eigenvalue weighted by molar-refractivity contribution is 0.0864. The summed E-state index contributed by atoms with van der Waals surface area (Å²) in [5.41, 5.74) is 6.33. The van der Waals surface area contributed by atoms with Gasteiger partial charge in [0, 0.05) is 6.54 Å². The Morgan fingerprint density at radius 1 is 1.50 bits per heavy atom. The van der Waals surface area contributed by atoms with E-state index in [0.717, 1.165) is 0 Å². The normalized spacial score (nSPS) is 13.1. The molecule has 5 heteroatoms. The fourth-order valence-electron chi connectivity index (χ4n) is 1.62. The summed E-state index contributed by atoms with van der Waals surface area (Å²) in [6, 6.07) is 3.17. The molecule has 1 amide bonds. The first-order valence-corrected chi connectivity index (χ1v) is 5.96. The molecule has 1 aromatic heterocycles. The van der Waals surface area contributed by atoms with E-state index in [9.17, 15) is 9.90 Å². The van der Waals surface area contributed by atoms with Gasteiger partial charge < -0.3 is 16.2 Å². The van der Waals surface area contributed by atoms with Crippen LogP contribution in [0.5, 0.6) is 0 Å². The summed E-state index contributed by atoms with van der Waals surface area (Å²) in [5.74, 6) is -0.303. The number of aliphatic hydroxyl groups is 1. The number of pyridine rings is 1. The number of anilines is 1. The molecule has 1 rings (SSSR count). The molecule has 1 atom stereocenters. The quantitative estimate of drug-likeness (QED) is 0.750. The number of hydrogen-bond donors (Lipinski definition) is 3. The van der Waals surface area contributed by atoms with Crippen LogP contribution in [0.4, 0.5) is 5.69 Å². The molecule has 1 aromatic rings. The topological polar surface area (TPSA) is 88.2 Å². The van der Waals surface area contributed by atoms with E-state index < -0.39 is 6.10 Å². The van der Waals surface area contributed by atoms with Gasteiger partial charge in [-0.25, -0.2) is 4.98 Å². The number of aromatic nitrogens is 1. The molecule has 18 heavy (non-hydrogen) atoms. The van der Waals surface area contributed by atoms with Gasteiger partial charge >= 0.3 is 0 Å². The van der Waals surface area contributed by atoms with E-state index in [2.05, 4.69) is 10.3 Å². The van der Waals surface area contributed by atoms with Gasteiger partial charge in [-0.05, 0) is 24.0 Å². The van der Waals surface area contributed by atoms with E-state index in [-0.39, 0.29) is 17.9 Å². The third-order valence-corrected chi connectivity index (χ3v) is 2.37. The maximum atomic E-state index is 11.7. The van der Waals surface area contributed by atoms with Crippen LogP contribution >= 0.6 is 0 Å². The maximum absolute atomic E-state index is 11.7. The number of carbonyl (C=O) groups excluding carboxylic acids is 1. The van der Waals surface area contributed by atoms with Gasteiger partial charge in [-0.2, -0.15) is 0 Å². The molecular weight excluding hydrogens is 230 g/mol. The summed E-state index contributed by atoms with van der Waals surface area (Å²) in [6.07, 6.45) is 1.51. The summed E-state index contributed by atoms with van der Waals surface area (Å²) < 4.78 is 0. The Labute approximate surface area is 107 Å². The maximum Gasteiger partial charge on any atom is 0.269 e. The predicted molar refractivity (Wildman–Crippen MR) is 71.1 cm³/mol. The van der Waals surface area contributed by atoms with Crippen molar-refractivity contribution in [1.29, 1.82) is 0 Å². The number of rotatable bonds is 4. The van der Waals surface area contributed by atoms with Crippen LogP contribution in [-0.2, 0) is 0 Å². The van der Waals surface area contributed by atoms with E-state index in [1.165, 1.54) is 6.20 Å². The number of nitrogens with one attached hydrogen (secondary N) is 1. The molecule has 100 valence electrons. The van der Waals surface area contributed by atoms with E-state index in [1.54, 1.807) is 12.1 Å². The van der Waals surface area contributed by atoms with E-state index in [0.29, 0.717) is 17.8 Å². The zero-order chi connectivity index (χ0) is 13.8. The summed E-state index contributed by atoms with van der Waals surface area (Å²) in [4.78, 5) is 15.6. The van der Waals surface area contributed by atoms with Crippen molar-refractivity contribution in [3.05, 3.63) is 24.0 Å². The molecule has 0 aromatic carbocycles. The third-order valence-electron chi connectivity index (χ3n) is 2.37. The highest BCUT2D eigenvalue weighted by Crippen LogP contribution is 2.20. The first-order chi connectivity index (χ1) is 8.28. The Balaban J connectivity index is 2.44. The molecule has 0 bridgehead atoms. The third kappa shape index (κ3) is 5.14. The van der Waals surface area contributed by atoms with Crippen LogP contribution < -0.4 is 11.1 Å². The first kappa shape index (κ1) is 14.4. The Morgan fingerprint density at radius 2 is 2.17 bits per heavy atom. The largest absolute Gasteiger partial charge is 0.397 e. The second-order valence-corrected chi connectivity index (χ2v) is 5.61. The van der Waals surface area contributed by atoms with Crippen LogP contribution in [0.3, 0.4) is 0 Å². The van der Waals surface area contributed by atoms with Crippen LogP contribution in [0, 0.1) is 5.41 Å². The highest BCUT2D eigenvalue weighted by Gasteiger charge is 2.17. The average Bonchev–Trinajstić information content (AvgIpc) is 2.24. The lowest BCUT2D eigenvalue weighted by atomic mass is 9.89. The lowest BCUT2D eigenvalue weighted by Crippen LogP contribution is -2.34. The molecule has 0 aliphatic carbocycles. The monoisotopic (exact) mass is 251 g/mol. The molecule has 0 fully saturated rings. The lowest BCUT2D eigenvalue weighted by Gasteiger charge is -2.22. The predicted octanol–water partition coefficient (Wildman–Crippen LogP) is 1.19. The second-order valence-electron chi connectivity index (χ2n) is 5.61. The Hall–Kier alpha value is -1.62. The van der Waals surface area contributed by atoms with Gasteiger partial charge in [0.2, 0.25) is 0 Å². The molecule has 5 nitrogen and oxygen atoms in total. The zero-order valence-electron chi connectivity index (χ0n) is 11.1. The van der Waals surface area contributed by atoms with Crippen molar-refractivity contribution < 1.29 is 9.90 Å². The van der Waals surface area contributed by atoms with Crippen molar-refractivity contribution in [2.24, 2.45) is 5.41 Å². The van der Waals surface area contributed by atoms with Crippen molar-refractivity contribution in [2.75, 3.05) is 12.3 Å². The number of nitrogens with two attached hydrogens (primary N) is 1. The van der Waals surface area contributed by atoms with Crippen LogP contribution in [0.25, 0.3) is 0 Å². The molecule has 0 saturated carbocycles. The van der Waals surface area contributed by atoms with Gasteiger partial charge in [0.05, 0.1) is 18.0 Å². The number of aliphatic hydroxyl groups excluding tert-OH is 1. The molecular formula is C13H21N3O2. The minimum atomic E-state index is -0.553. The van der Waals surface area contributed by atoms with Gasteiger partial charge in [-0.15, -0.1) is 0 Å². The molecule has 1 unspecified atom stereocenters. The molecule has 1 heterocycles. The standard InChI is InChI=1S/C13H21N3O2/c1-13(2,3)6-10(17)8-16-12(18)11-5-4-9(14)7-15-11/h4-5,7,10,17H,6,8,14H2,1-3H3,(H,16,18). The number of nitrogens with zero attached hydrogens (tertiary/aromatic N) is 1. The first-order valence-electron chi connectivity index (χ1n) is 5.96. The molecule has 0 saturated heterocycles. The summed E-state index contributed by atoms with van der Waals surface area (Å²) in [5, 5.41) is 12.4. The van der Waals surface area contributed by atoms with Gasteiger partial charge in [-0.1, -0.05) is 20.8 Å². The van der Waals surface area contributed by atoms with Crippen molar-refractivity contribution in [3.8, 4) is 0 Å². The Kier molecular flexibility index (Phi) is 4.67. The molecule has 0 aliphatic rings. The minimum Gasteiger partial charge on any atom is -0.397 e. The highest BCUT2D eigenvalue weighted by molar-refractivity contribution is 5.92. The van der Waals surface area contributed by atoms with Crippen molar-refractivity contribution >= 4 is 11.6 Å². The average molecular weight is 251 g/mol. The van der Waals surface area contributed by atoms with Crippen LogP contribution in [-0.4, -0.2) is 28.6 Å². The molecule has 0 radical (unpaired) electrons. The number of nitrogen functional groups attached to an aromatic ring is 1. The van der Waals surface area contributed by atoms with Crippen LogP contribution in [0.1, 0.15) is 37.7 Å². The number of amides is 1. The van der Waals surface area contributed by atoms with Crippen molar-refractivity contribution in [1.82, 2.24) is 10.3 Å². The van der Waals surface area contributed by atoms with Crippen molar-refractivity contribution in [2.45, 2.75) is 33.3 Å². The van der Waals surface area contributed by atoms with Gasteiger partial charge in [0.25, 0.3) is 5.91 Å². The fraction of sp³-hybridized carbons (Fsp3) is 0.538. The van der Waals surface area contributed by atoms with Gasteiger partial charge in [-0.3, -0.25) is 4.79 Å². The smallest absolute Gasteiger partial charge is 0.269 e. The van der Waals surface area contributed by atoms with E-state index in [1.807, 2.05) is 20.8 Å². The van der Waals surface area contributed by atoms with Gasteiger partial charge in [0.1, 0.15) is 5.69 Å². The minimum absolute atomic E-state index is 0.0313. The molecule has 4 N–H and O–H groups in total. The van der Waals surface area contributed by atoms with E-state index in [4.69, 9.17) is 5.73 Å². The van der Waals surface area contributed by atoms with Gasteiger partial charge in [0.15, 0.2) is 0 Å². The molecule has 0 spiro atoms. The van der Waals surface area contributed by atoms with E-state index >= 15 is 0 Å². The van der Waals surface area contributed by atoms with Crippen LogP contribution in [0.2, 0.25) is 0 Å². The summed E-state index contributed by atoms with van der Waals surface area (Å²) >= 11 is 0. The summed E-state index contributed by atoms with van der Waals surface area (Å²) in [7, 11) is 0. The zero-order valence-corrected chi connectivity index (χ0v) is 11.1. The number of carbonyl (C=O) groups is 1. The summed E-state index contributed by atoms with van der Waals surface area (Å²) in [6.45, 7) is 6.35. The molecule has 0 aliphatic heterocycles. The highest BCUT2D eigenvalue weighted by atomic mass is 16.3. The number of hydrogen-bond acceptors (Lipinski definition) is 4. The Bertz CT molecular complexity index is 396. The Morgan fingerprint density at radius 3 is 2.67 bits per heavy atom.